The molecule has 27 heteroatoms. The SMILES string of the molecule is Cc1nnc(C2CC(Oc3ccc(NC(=O)CCOCCOCCOCCOCc4cn(CCOCCOCCOCCOCCC(=O)Oc5c(F)cc(F)cc5F)nn4)cc3)C2)n1C1CC2CCC(C1)N2CC[C@H](NC(=O)C1CCC(F)(F)CC1)c1ccccc1. The van der Waals surface area contributed by atoms with Gasteiger partial charge in [0.05, 0.1) is 137 Å². The van der Waals surface area contributed by atoms with Crippen molar-refractivity contribution < 1.29 is 83.7 Å². The second kappa shape index (κ2) is 36.2. The summed E-state index contributed by atoms with van der Waals surface area (Å²) in [7, 11) is 0. The van der Waals surface area contributed by atoms with E-state index in [0.29, 0.717) is 121 Å². The molecule has 2 aliphatic heterocycles. The van der Waals surface area contributed by atoms with Gasteiger partial charge in [-0.15, -0.1) is 15.3 Å². The Morgan fingerprint density at radius 1 is 0.641 bits per heavy atom. The third kappa shape index (κ3) is 22.0. The van der Waals surface area contributed by atoms with E-state index in [4.69, 9.17) is 47.7 Å². The van der Waals surface area contributed by atoms with Crippen molar-refractivity contribution in [3.63, 3.8) is 0 Å². The number of rotatable bonds is 41. The highest BCUT2D eigenvalue weighted by atomic mass is 19.3. The Bertz CT molecular complexity index is 3010. The molecule has 0 radical (unpaired) electrons. The molecule has 3 aromatic carbocycles. The van der Waals surface area contributed by atoms with Gasteiger partial charge in [-0.1, -0.05) is 35.5 Å². The van der Waals surface area contributed by atoms with Gasteiger partial charge in [-0.05, 0) is 94.5 Å². The molecule has 0 spiro atoms. The first-order chi connectivity index (χ1) is 44.7. The molecule has 2 N–H and O–H groups in total. The second-order valence-corrected chi connectivity index (χ2v) is 23.6. The minimum absolute atomic E-state index is 0.0431. The number of esters is 1. The molecule has 2 saturated carbocycles. The number of benzene rings is 3. The smallest absolute Gasteiger partial charge is 0.313 e. The Labute approximate surface area is 532 Å². The van der Waals surface area contributed by atoms with Crippen molar-refractivity contribution in [2.24, 2.45) is 5.92 Å². The highest BCUT2D eigenvalue weighted by Gasteiger charge is 2.44. The third-order valence-corrected chi connectivity index (χ3v) is 16.9. The van der Waals surface area contributed by atoms with Crippen molar-refractivity contribution in [2.75, 3.05) is 111 Å². The van der Waals surface area contributed by atoms with Crippen LogP contribution in [0.25, 0.3) is 0 Å². The van der Waals surface area contributed by atoms with E-state index in [1.54, 1.807) is 10.9 Å². The number of aryl methyl sites for hydroxylation is 1. The zero-order valence-corrected chi connectivity index (χ0v) is 52.2. The van der Waals surface area contributed by atoms with E-state index in [0.717, 1.165) is 74.5 Å². The van der Waals surface area contributed by atoms with Crippen LogP contribution in [0.1, 0.15) is 124 Å². The number of aromatic nitrogens is 6. The van der Waals surface area contributed by atoms with Crippen molar-refractivity contribution in [3.05, 3.63) is 113 Å². The van der Waals surface area contributed by atoms with Crippen LogP contribution in [0.15, 0.2) is 72.9 Å². The van der Waals surface area contributed by atoms with Crippen LogP contribution in [0, 0.1) is 30.3 Å². The molecule has 92 heavy (non-hydrogen) atoms. The second-order valence-electron chi connectivity index (χ2n) is 23.6. The van der Waals surface area contributed by atoms with Gasteiger partial charge < -0.3 is 62.6 Å². The number of hydrogen-bond donors (Lipinski definition) is 2. The topological polar surface area (TPSA) is 232 Å². The van der Waals surface area contributed by atoms with Gasteiger partial charge in [0.1, 0.15) is 35.0 Å². The Hall–Kier alpha value is -6.56. The fourth-order valence-electron chi connectivity index (χ4n) is 12.1. The first-order valence-electron chi connectivity index (χ1n) is 32.1. The van der Waals surface area contributed by atoms with Gasteiger partial charge in [0.15, 0.2) is 11.6 Å². The number of nitrogens with one attached hydrogen (secondary N) is 2. The minimum Gasteiger partial charge on any atom is -0.490 e. The molecule has 504 valence electrons. The first-order valence-corrected chi connectivity index (χ1v) is 32.1. The predicted molar refractivity (Wildman–Crippen MR) is 323 cm³/mol. The maximum Gasteiger partial charge on any atom is 0.313 e. The lowest BCUT2D eigenvalue weighted by atomic mass is 9.81. The number of carbonyl (C=O) groups excluding carboxylic acids is 3. The lowest BCUT2D eigenvalue weighted by Crippen LogP contribution is -2.46. The van der Waals surface area contributed by atoms with Crippen molar-refractivity contribution in [2.45, 2.75) is 146 Å². The van der Waals surface area contributed by atoms with Crippen LogP contribution in [0.4, 0.5) is 27.6 Å². The van der Waals surface area contributed by atoms with E-state index in [-0.39, 0.29) is 107 Å². The molecule has 9 rings (SSSR count). The maximum atomic E-state index is 13.9. The Morgan fingerprint density at radius 2 is 1.22 bits per heavy atom. The average Bonchev–Trinajstić information content (AvgIpc) is 1.59. The van der Waals surface area contributed by atoms with Gasteiger partial charge in [0.2, 0.25) is 23.5 Å². The van der Waals surface area contributed by atoms with Gasteiger partial charge in [-0.2, -0.15) is 0 Å². The number of fused-ring (bicyclic) bond motifs is 2. The molecule has 22 nitrogen and oxygen atoms in total. The number of piperidine rings is 1. The number of nitrogens with zero attached hydrogens (tertiary/aromatic N) is 7. The lowest BCUT2D eigenvalue weighted by molar-refractivity contribution is -0.136. The lowest BCUT2D eigenvalue weighted by Gasteiger charge is -2.42. The predicted octanol–water partition coefficient (Wildman–Crippen LogP) is 8.82. The van der Waals surface area contributed by atoms with Crippen molar-refractivity contribution in [1.29, 1.82) is 0 Å². The van der Waals surface area contributed by atoms with E-state index in [1.165, 1.54) is 0 Å². The van der Waals surface area contributed by atoms with E-state index in [1.807, 2.05) is 61.5 Å². The summed E-state index contributed by atoms with van der Waals surface area (Å²) in [5.74, 6) is -5.99. The van der Waals surface area contributed by atoms with Gasteiger partial charge in [0.25, 0.3) is 0 Å². The molecule has 2 saturated heterocycles. The number of amides is 2. The monoisotopic (exact) mass is 1300 g/mol. The fraction of sp³-hybridized carbons (Fsp3) is 0.615. The Kier molecular flexibility index (Phi) is 27.5. The summed E-state index contributed by atoms with van der Waals surface area (Å²) in [6.07, 6.45) is 8.44. The highest BCUT2D eigenvalue weighted by Crippen LogP contribution is 2.45. The number of carbonyl (C=O) groups is 3. The number of ether oxygens (including phenoxy) is 10. The van der Waals surface area contributed by atoms with Crippen LogP contribution >= 0.6 is 0 Å². The number of hydrogen-bond acceptors (Lipinski definition) is 18. The molecule has 2 amide bonds. The summed E-state index contributed by atoms with van der Waals surface area (Å²) in [6.45, 7) is 8.33. The van der Waals surface area contributed by atoms with Crippen LogP contribution in [0.5, 0.6) is 11.5 Å². The quantitative estimate of drug-likeness (QED) is 0.0161. The maximum absolute atomic E-state index is 13.9. The molecule has 3 atom stereocenters. The van der Waals surface area contributed by atoms with Crippen LogP contribution in [0.3, 0.4) is 0 Å². The van der Waals surface area contributed by atoms with Crippen molar-refractivity contribution >= 4 is 23.5 Å². The number of anilines is 1. The zero-order valence-electron chi connectivity index (χ0n) is 52.2. The summed E-state index contributed by atoms with van der Waals surface area (Å²) in [5.41, 5.74) is 2.39. The van der Waals surface area contributed by atoms with Gasteiger partial charge in [0, 0.05) is 67.2 Å². The Morgan fingerprint density at radius 3 is 1.84 bits per heavy atom. The molecule has 2 bridgehead atoms. The number of halogens is 5. The molecule has 2 aromatic heterocycles. The van der Waals surface area contributed by atoms with E-state index in [9.17, 15) is 36.3 Å². The average molecular weight is 1300 g/mol. The van der Waals surface area contributed by atoms with Crippen LogP contribution in [-0.2, 0) is 65.4 Å². The molecule has 2 unspecified atom stereocenters. The first kappa shape index (κ1) is 69.8. The normalized spacial score (nSPS) is 20.0. The molecular weight excluding hydrogens is 1210 g/mol. The van der Waals surface area contributed by atoms with E-state index in [2.05, 4.69) is 40.2 Å². The Balaban J connectivity index is 0.536. The summed E-state index contributed by atoms with van der Waals surface area (Å²) in [5, 5.41) is 23.7. The van der Waals surface area contributed by atoms with Crippen LogP contribution < -0.4 is 20.1 Å². The third-order valence-electron chi connectivity index (χ3n) is 16.9. The van der Waals surface area contributed by atoms with Crippen LogP contribution in [0.2, 0.25) is 0 Å². The van der Waals surface area contributed by atoms with Gasteiger partial charge in [-0.3, -0.25) is 19.3 Å². The standard InChI is InChI=1S/C65H86F5N9O13/c1-45-73-75-63(79(45)54-41-52-9-10-53(42-54)78(52)20-15-59(46-5-3-2-4-6-46)72-64(82)47-13-18-65(69,70)19-14-47)48-37-56(38-48)91-55-11-7-50(8-12-55)71-60(80)16-22-83-25-28-86-33-34-89-35-36-90-44-51-43-77(76-74-51)21-24-85-27-30-88-32-31-87-29-26-84-23-17-61(81)92-62-57(67)39-49(66)40-58(62)68/h2-8,11-12,39-40,43,47-48,52-54,56,59H,9-10,13-38,41-42,44H2,1H3,(H,71,80)(H,72,82)/t48?,52?,53?,54?,56?,59-/m0/s1. The van der Waals surface area contributed by atoms with Gasteiger partial charge in [-0.25, -0.2) is 26.6 Å². The summed E-state index contributed by atoms with van der Waals surface area (Å²) >= 11 is 0. The molecule has 4 heterocycles. The fourth-order valence-corrected chi connectivity index (χ4v) is 12.1. The molecular formula is C65H86F5N9O13. The van der Waals surface area contributed by atoms with Crippen molar-refractivity contribution in [1.82, 2.24) is 40.0 Å². The molecule has 4 fully saturated rings. The highest BCUT2D eigenvalue weighted by molar-refractivity contribution is 5.90. The van der Waals surface area contributed by atoms with E-state index >= 15 is 0 Å². The zero-order chi connectivity index (χ0) is 64.5. The van der Waals surface area contributed by atoms with Gasteiger partial charge >= 0.3 is 5.97 Å². The van der Waals surface area contributed by atoms with Crippen LogP contribution in [-0.4, -0.2) is 182 Å². The minimum atomic E-state index is -2.67. The summed E-state index contributed by atoms with van der Waals surface area (Å²) in [6, 6.07) is 19.2. The molecule has 5 aromatic rings. The van der Waals surface area contributed by atoms with E-state index < -0.39 is 35.1 Å². The summed E-state index contributed by atoms with van der Waals surface area (Å²) in [4.78, 5) is 40.5. The van der Waals surface area contributed by atoms with Crippen molar-refractivity contribution in [3.8, 4) is 11.5 Å². The largest absolute Gasteiger partial charge is 0.490 e. The molecule has 2 aliphatic carbocycles. The summed E-state index contributed by atoms with van der Waals surface area (Å²) < 4.78 is 127. The number of alkyl halides is 2. The molecule has 4 aliphatic rings.